The molecule has 1 aliphatic heterocycles. The number of hydrogen-bond donors (Lipinski definition) is 1. The maximum atomic E-state index is 12.3. The third kappa shape index (κ3) is 5.36. The minimum Gasteiger partial charge on any atom is -0.464 e. The zero-order valence-corrected chi connectivity index (χ0v) is 14.9. The van der Waals surface area contributed by atoms with Gasteiger partial charge in [0.1, 0.15) is 0 Å². The fourth-order valence-electron chi connectivity index (χ4n) is 3.60. The van der Waals surface area contributed by atoms with Gasteiger partial charge in [-0.25, -0.2) is 18.8 Å². The summed E-state index contributed by atoms with van der Waals surface area (Å²) in [5.74, 6) is 0.888. The van der Waals surface area contributed by atoms with Gasteiger partial charge in [-0.05, 0) is 18.8 Å². The van der Waals surface area contributed by atoms with Crippen molar-refractivity contribution < 1.29 is 13.5 Å². The summed E-state index contributed by atoms with van der Waals surface area (Å²) in [5.41, 5.74) is 4.50. The lowest BCUT2D eigenvalue weighted by molar-refractivity contribution is 0.0816. The van der Waals surface area contributed by atoms with E-state index in [0.717, 1.165) is 44.1 Å². The highest BCUT2D eigenvalue weighted by Gasteiger charge is 2.19. The average molecular weight is 359 g/mol. The Bertz CT molecular complexity index is 506. The summed E-state index contributed by atoms with van der Waals surface area (Å²) in [6, 6.07) is 0. The second-order valence-corrected chi connectivity index (χ2v) is 7.79. The second kappa shape index (κ2) is 9.06. The molecule has 0 radical (unpaired) electrons. The van der Waals surface area contributed by atoms with Crippen LogP contribution >= 0.6 is 11.3 Å². The van der Waals surface area contributed by atoms with E-state index in [0.29, 0.717) is 5.19 Å². The molecule has 1 aliphatic carbocycles. The number of thiazole rings is 1. The zero-order chi connectivity index (χ0) is 16.8. The van der Waals surface area contributed by atoms with Crippen LogP contribution in [0.2, 0.25) is 0 Å². The van der Waals surface area contributed by atoms with Crippen LogP contribution in [0.5, 0.6) is 5.19 Å². The molecular formula is C17H27F2N3OS. The maximum absolute atomic E-state index is 12.3. The van der Waals surface area contributed by atoms with Gasteiger partial charge in [-0.3, -0.25) is 5.43 Å². The van der Waals surface area contributed by atoms with Gasteiger partial charge in [-0.1, -0.05) is 43.4 Å². The van der Waals surface area contributed by atoms with Gasteiger partial charge in [0, 0.05) is 30.9 Å². The van der Waals surface area contributed by atoms with Gasteiger partial charge in [0.15, 0.2) is 6.61 Å². The number of hydrazine groups is 1. The Morgan fingerprint density at radius 2 is 2.08 bits per heavy atom. The number of fused-ring (bicyclic) bond motifs is 1. The number of rotatable bonds is 6. The molecule has 2 aliphatic rings. The SMILES string of the molecule is FC(F)COc1nc2c(s1)CCN(CCC1CCCCC1)NCC2. The molecule has 1 N–H and O–H groups in total. The van der Waals surface area contributed by atoms with Gasteiger partial charge in [0.25, 0.3) is 11.6 Å². The summed E-state index contributed by atoms with van der Waals surface area (Å²) in [4.78, 5) is 5.56. The van der Waals surface area contributed by atoms with Crippen molar-refractivity contribution >= 4 is 11.3 Å². The molecule has 0 aromatic carbocycles. The van der Waals surface area contributed by atoms with Crippen LogP contribution < -0.4 is 10.2 Å². The van der Waals surface area contributed by atoms with Crippen LogP contribution in [0.4, 0.5) is 8.78 Å². The van der Waals surface area contributed by atoms with E-state index in [1.807, 2.05) is 0 Å². The molecule has 0 bridgehead atoms. The lowest BCUT2D eigenvalue weighted by Gasteiger charge is -2.28. The average Bonchev–Trinajstić information content (AvgIpc) is 2.95. The molecule has 0 spiro atoms. The molecule has 1 aromatic heterocycles. The number of aromatic nitrogens is 1. The monoisotopic (exact) mass is 359 g/mol. The Morgan fingerprint density at radius 3 is 2.88 bits per heavy atom. The maximum Gasteiger partial charge on any atom is 0.273 e. The molecule has 0 saturated heterocycles. The van der Waals surface area contributed by atoms with E-state index in [1.54, 1.807) is 0 Å². The van der Waals surface area contributed by atoms with Crippen molar-refractivity contribution in [2.24, 2.45) is 5.92 Å². The van der Waals surface area contributed by atoms with E-state index in [2.05, 4.69) is 15.4 Å². The normalized spacial score (nSPS) is 20.6. The first-order valence-corrected chi connectivity index (χ1v) is 9.90. The standard InChI is InChI=1S/C17H27F2N3OS/c18-16(19)12-23-17-21-14-6-9-20-22(11-8-15(14)24-17)10-7-13-4-2-1-3-5-13/h13,16,20H,1-12H2. The Kier molecular flexibility index (Phi) is 6.80. The van der Waals surface area contributed by atoms with Crippen molar-refractivity contribution in [2.45, 2.75) is 57.8 Å². The summed E-state index contributed by atoms with van der Waals surface area (Å²) >= 11 is 1.43. The molecule has 24 heavy (non-hydrogen) atoms. The molecule has 0 amide bonds. The highest BCUT2D eigenvalue weighted by molar-refractivity contribution is 7.13. The van der Waals surface area contributed by atoms with Crippen molar-refractivity contribution in [3.05, 3.63) is 10.6 Å². The Balaban J connectivity index is 1.48. The predicted molar refractivity (Wildman–Crippen MR) is 91.8 cm³/mol. The van der Waals surface area contributed by atoms with Crippen LogP contribution in [0.3, 0.4) is 0 Å². The van der Waals surface area contributed by atoms with E-state index in [9.17, 15) is 8.78 Å². The Hall–Kier alpha value is -0.790. The highest BCUT2D eigenvalue weighted by Crippen LogP contribution is 2.28. The molecule has 136 valence electrons. The number of hydrogen-bond acceptors (Lipinski definition) is 5. The Morgan fingerprint density at radius 1 is 1.25 bits per heavy atom. The summed E-state index contributed by atoms with van der Waals surface area (Å²) < 4.78 is 29.6. The van der Waals surface area contributed by atoms with E-state index >= 15 is 0 Å². The fraction of sp³-hybridized carbons (Fsp3) is 0.824. The van der Waals surface area contributed by atoms with Crippen LogP contribution in [0.15, 0.2) is 0 Å². The molecule has 1 aromatic rings. The summed E-state index contributed by atoms with van der Waals surface area (Å²) in [6.07, 6.45) is 7.51. The van der Waals surface area contributed by atoms with E-state index in [1.165, 1.54) is 54.7 Å². The lowest BCUT2D eigenvalue weighted by atomic mass is 9.87. The number of alkyl halides is 2. The first kappa shape index (κ1) is 18.0. The predicted octanol–water partition coefficient (Wildman–Crippen LogP) is 3.66. The molecule has 7 heteroatoms. The van der Waals surface area contributed by atoms with Gasteiger partial charge in [-0.2, -0.15) is 0 Å². The van der Waals surface area contributed by atoms with Gasteiger partial charge in [-0.15, -0.1) is 0 Å². The molecule has 3 rings (SSSR count). The van der Waals surface area contributed by atoms with Crippen LogP contribution in [0, 0.1) is 5.92 Å². The Labute approximate surface area is 146 Å². The number of nitrogens with one attached hydrogen (secondary N) is 1. The van der Waals surface area contributed by atoms with Gasteiger partial charge in [0.05, 0.1) is 5.69 Å². The van der Waals surface area contributed by atoms with E-state index in [4.69, 9.17) is 4.74 Å². The largest absolute Gasteiger partial charge is 0.464 e. The molecular weight excluding hydrogens is 332 g/mol. The summed E-state index contributed by atoms with van der Waals surface area (Å²) in [6.45, 7) is 2.30. The fourth-order valence-corrected chi connectivity index (χ4v) is 4.55. The lowest BCUT2D eigenvalue weighted by Crippen LogP contribution is -2.43. The second-order valence-electron chi connectivity index (χ2n) is 6.74. The molecule has 4 nitrogen and oxygen atoms in total. The summed E-state index contributed by atoms with van der Waals surface area (Å²) in [5, 5.41) is 2.72. The van der Waals surface area contributed by atoms with Crippen molar-refractivity contribution in [1.82, 2.24) is 15.4 Å². The molecule has 1 fully saturated rings. The van der Waals surface area contributed by atoms with Crippen LogP contribution in [0.25, 0.3) is 0 Å². The molecule has 1 saturated carbocycles. The van der Waals surface area contributed by atoms with Crippen LogP contribution in [0.1, 0.15) is 49.1 Å². The van der Waals surface area contributed by atoms with Gasteiger partial charge < -0.3 is 4.74 Å². The van der Waals surface area contributed by atoms with E-state index < -0.39 is 13.0 Å². The van der Waals surface area contributed by atoms with Crippen LogP contribution in [-0.2, 0) is 12.8 Å². The van der Waals surface area contributed by atoms with Crippen molar-refractivity contribution in [1.29, 1.82) is 0 Å². The number of nitrogens with zero attached hydrogens (tertiary/aromatic N) is 2. The minimum absolute atomic E-state index is 0.385. The number of halogens is 2. The third-order valence-electron chi connectivity index (χ3n) is 4.93. The van der Waals surface area contributed by atoms with Crippen LogP contribution in [-0.4, -0.2) is 42.7 Å². The van der Waals surface area contributed by atoms with Crippen molar-refractivity contribution in [3.8, 4) is 5.19 Å². The van der Waals surface area contributed by atoms with Crippen molar-refractivity contribution in [2.75, 3.05) is 26.2 Å². The highest BCUT2D eigenvalue weighted by atomic mass is 32.1. The summed E-state index contributed by atoms with van der Waals surface area (Å²) in [7, 11) is 0. The first-order chi connectivity index (χ1) is 11.7. The molecule has 0 unspecified atom stereocenters. The molecule has 0 atom stereocenters. The number of ether oxygens (including phenoxy) is 1. The topological polar surface area (TPSA) is 37.4 Å². The smallest absolute Gasteiger partial charge is 0.273 e. The zero-order valence-electron chi connectivity index (χ0n) is 14.1. The molecule has 2 heterocycles. The quantitative estimate of drug-likeness (QED) is 0.841. The van der Waals surface area contributed by atoms with Crippen molar-refractivity contribution in [3.63, 3.8) is 0 Å². The van der Waals surface area contributed by atoms with Gasteiger partial charge >= 0.3 is 0 Å². The minimum atomic E-state index is -2.45. The van der Waals surface area contributed by atoms with Gasteiger partial charge in [0.2, 0.25) is 0 Å². The first-order valence-electron chi connectivity index (χ1n) is 9.08. The third-order valence-corrected chi connectivity index (χ3v) is 6.00. The van der Waals surface area contributed by atoms with E-state index in [-0.39, 0.29) is 0 Å².